The highest BCUT2D eigenvalue weighted by molar-refractivity contribution is 5.94. The van der Waals surface area contributed by atoms with Crippen LogP contribution in [0.1, 0.15) is 12.8 Å². The minimum atomic E-state index is -0.274. The molecule has 8 nitrogen and oxygen atoms in total. The predicted molar refractivity (Wildman–Crippen MR) is 111 cm³/mol. The van der Waals surface area contributed by atoms with Crippen LogP contribution in [0.4, 0.5) is 10.6 Å². The Bertz CT molecular complexity index is 874. The van der Waals surface area contributed by atoms with Crippen LogP contribution in [0.15, 0.2) is 24.4 Å². The lowest BCUT2D eigenvalue weighted by Gasteiger charge is -2.39. The van der Waals surface area contributed by atoms with Crippen molar-refractivity contribution in [1.82, 2.24) is 14.8 Å². The number of hydrogen-bond acceptors (Lipinski definition) is 6. The number of benzene rings is 1. The van der Waals surface area contributed by atoms with Gasteiger partial charge in [0.25, 0.3) is 0 Å². The minimum absolute atomic E-state index is 0.0776. The summed E-state index contributed by atoms with van der Waals surface area (Å²) in [6, 6.07) is 5.97. The highest BCUT2D eigenvalue weighted by Crippen LogP contribution is 2.35. The van der Waals surface area contributed by atoms with Gasteiger partial charge in [-0.05, 0) is 36.4 Å². The van der Waals surface area contributed by atoms with Crippen LogP contribution in [0, 0.1) is 0 Å². The summed E-state index contributed by atoms with van der Waals surface area (Å²) in [7, 11) is 3.26. The maximum Gasteiger partial charge on any atom is 0.320 e. The van der Waals surface area contributed by atoms with E-state index in [9.17, 15) is 9.90 Å². The van der Waals surface area contributed by atoms with Crippen LogP contribution in [-0.2, 0) is 0 Å². The number of urea groups is 1. The number of piperazine rings is 1. The molecule has 2 aliphatic heterocycles. The van der Waals surface area contributed by atoms with E-state index in [0.29, 0.717) is 50.5 Å². The van der Waals surface area contributed by atoms with E-state index >= 15 is 0 Å². The molecule has 2 aromatic rings. The minimum Gasteiger partial charge on any atom is -0.493 e. The van der Waals surface area contributed by atoms with Gasteiger partial charge in [0, 0.05) is 50.9 Å². The van der Waals surface area contributed by atoms with Crippen LogP contribution in [-0.4, -0.2) is 85.5 Å². The average Bonchev–Trinajstić information content (AvgIpc) is 2.77. The van der Waals surface area contributed by atoms with Crippen molar-refractivity contribution in [2.45, 2.75) is 18.9 Å². The smallest absolute Gasteiger partial charge is 0.320 e. The number of amides is 2. The van der Waals surface area contributed by atoms with E-state index < -0.39 is 0 Å². The lowest BCUT2D eigenvalue weighted by atomic mass is 10.1. The molecule has 2 saturated heterocycles. The van der Waals surface area contributed by atoms with Gasteiger partial charge in [0.1, 0.15) is 5.82 Å². The molecule has 1 aromatic carbocycles. The zero-order valence-electron chi connectivity index (χ0n) is 17.0. The molecule has 0 radical (unpaired) electrons. The standard InChI is InChI=1S/C21H28N4O4/c1-28-18-13-15-3-6-22-20(17(15)14-19(18)29-2)23-9-11-25(12-10-23)21(27)24-7-4-16(26)5-8-24/h3,6,13-14,16,26H,4-5,7-12H2,1-2H3. The predicted octanol–water partition coefficient (Wildman–Crippen LogP) is 1.95. The second kappa shape index (κ2) is 8.32. The van der Waals surface area contributed by atoms with Gasteiger partial charge in [-0.15, -0.1) is 0 Å². The fraction of sp³-hybridized carbons (Fsp3) is 0.524. The molecule has 0 saturated carbocycles. The van der Waals surface area contributed by atoms with Crippen molar-refractivity contribution in [3.8, 4) is 11.5 Å². The number of aliphatic hydroxyl groups is 1. The molecule has 156 valence electrons. The van der Waals surface area contributed by atoms with Gasteiger partial charge >= 0.3 is 6.03 Å². The van der Waals surface area contributed by atoms with Gasteiger partial charge in [-0.1, -0.05) is 0 Å². The van der Waals surface area contributed by atoms with Crippen LogP contribution in [0.5, 0.6) is 11.5 Å². The maximum atomic E-state index is 12.8. The third-order valence-electron chi connectivity index (χ3n) is 5.83. The molecule has 1 N–H and O–H groups in total. The summed E-state index contributed by atoms with van der Waals surface area (Å²) in [5.41, 5.74) is 0. The fourth-order valence-electron chi connectivity index (χ4n) is 4.10. The third-order valence-corrected chi connectivity index (χ3v) is 5.83. The zero-order chi connectivity index (χ0) is 20.4. The van der Waals surface area contributed by atoms with E-state index in [4.69, 9.17) is 9.47 Å². The zero-order valence-corrected chi connectivity index (χ0v) is 17.0. The molecular formula is C21H28N4O4. The molecule has 4 rings (SSSR count). The van der Waals surface area contributed by atoms with E-state index in [1.165, 1.54) is 0 Å². The molecule has 3 heterocycles. The summed E-state index contributed by atoms with van der Waals surface area (Å²) in [6.45, 7) is 4.03. The third kappa shape index (κ3) is 3.89. The van der Waals surface area contributed by atoms with Crippen molar-refractivity contribution in [1.29, 1.82) is 0 Å². The van der Waals surface area contributed by atoms with Gasteiger partial charge in [-0.2, -0.15) is 0 Å². The normalized spacial score (nSPS) is 18.2. The highest BCUT2D eigenvalue weighted by atomic mass is 16.5. The number of carbonyl (C=O) groups excluding carboxylic acids is 1. The second-order valence-corrected chi connectivity index (χ2v) is 7.54. The Morgan fingerprint density at radius 3 is 2.28 bits per heavy atom. The monoisotopic (exact) mass is 400 g/mol. The second-order valence-electron chi connectivity index (χ2n) is 7.54. The summed E-state index contributed by atoms with van der Waals surface area (Å²) in [5, 5.41) is 11.7. The number of rotatable bonds is 3. The number of pyridine rings is 1. The molecule has 29 heavy (non-hydrogen) atoms. The van der Waals surface area contributed by atoms with Gasteiger partial charge in [-0.25, -0.2) is 9.78 Å². The number of nitrogens with zero attached hydrogens (tertiary/aromatic N) is 4. The molecular weight excluding hydrogens is 372 g/mol. The summed E-state index contributed by atoms with van der Waals surface area (Å²) in [4.78, 5) is 23.4. The molecule has 2 fully saturated rings. The first-order chi connectivity index (χ1) is 14.1. The number of fused-ring (bicyclic) bond motifs is 1. The van der Waals surface area contributed by atoms with Gasteiger partial charge in [0.2, 0.25) is 0 Å². The number of hydrogen-bond donors (Lipinski definition) is 1. The van der Waals surface area contributed by atoms with E-state index in [0.717, 1.165) is 29.7 Å². The Labute approximate surface area is 170 Å². The molecule has 2 aliphatic rings. The van der Waals surface area contributed by atoms with Crippen molar-refractivity contribution >= 4 is 22.6 Å². The number of aromatic nitrogens is 1. The molecule has 2 amide bonds. The largest absolute Gasteiger partial charge is 0.493 e. The topological polar surface area (TPSA) is 78.4 Å². The summed E-state index contributed by atoms with van der Waals surface area (Å²) < 4.78 is 10.9. The van der Waals surface area contributed by atoms with Crippen LogP contribution >= 0.6 is 0 Å². The Balaban J connectivity index is 1.48. The van der Waals surface area contributed by atoms with E-state index in [2.05, 4.69) is 9.88 Å². The van der Waals surface area contributed by atoms with Gasteiger partial charge in [-0.3, -0.25) is 0 Å². The first-order valence-corrected chi connectivity index (χ1v) is 10.1. The number of carbonyl (C=O) groups is 1. The number of methoxy groups -OCH3 is 2. The Morgan fingerprint density at radius 2 is 1.62 bits per heavy atom. The number of piperidine rings is 1. The molecule has 0 unspecified atom stereocenters. The Morgan fingerprint density at radius 1 is 1.00 bits per heavy atom. The van der Waals surface area contributed by atoms with Crippen LogP contribution in [0.25, 0.3) is 10.8 Å². The summed E-state index contributed by atoms with van der Waals surface area (Å²) >= 11 is 0. The number of likely N-dealkylation sites (tertiary alicyclic amines) is 1. The van der Waals surface area contributed by atoms with Crippen molar-refractivity contribution < 1.29 is 19.4 Å². The summed E-state index contributed by atoms with van der Waals surface area (Å²) in [6.07, 6.45) is 2.86. The highest BCUT2D eigenvalue weighted by Gasteiger charge is 2.28. The Kier molecular flexibility index (Phi) is 5.62. The van der Waals surface area contributed by atoms with E-state index in [1.807, 2.05) is 28.0 Å². The number of ether oxygens (including phenoxy) is 2. The van der Waals surface area contributed by atoms with Gasteiger partial charge < -0.3 is 29.3 Å². The van der Waals surface area contributed by atoms with Crippen molar-refractivity contribution in [3.63, 3.8) is 0 Å². The van der Waals surface area contributed by atoms with Crippen molar-refractivity contribution in [2.24, 2.45) is 0 Å². The van der Waals surface area contributed by atoms with Gasteiger partial charge in [0.05, 0.1) is 20.3 Å². The van der Waals surface area contributed by atoms with Crippen LogP contribution < -0.4 is 14.4 Å². The van der Waals surface area contributed by atoms with E-state index in [1.54, 1.807) is 20.4 Å². The summed E-state index contributed by atoms with van der Waals surface area (Å²) in [5.74, 6) is 2.27. The number of aliphatic hydroxyl groups excluding tert-OH is 1. The Hall–Kier alpha value is -2.74. The molecule has 0 spiro atoms. The first-order valence-electron chi connectivity index (χ1n) is 10.1. The van der Waals surface area contributed by atoms with Crippen molar-refractivity contribution in [2.75, 3.05) is 58.4 Å². The van der Waals surface area contributed by atoms with Crippen LogP contribution in [0.3, 0.4) is 0 Å². The molecule has 0 aliphatic carbocycles. The fourth-order valence-corrected chi connectivity index (χ4v) is 4.10. The number of anilines is 1. The average molecular weight is 400 g/mol. The lowest BCUT2D eigenvalue weighted by molar-refractivity contribution is 0.0805. The first kappa shape index (κ1) is 19.6. The molecule has 8 heteroatoms. The maximum absolute atomic E-state index is 12.8. The van der Waals surface area contributed by atoms with Crippen LogP contribution in [0.2, 0.25) is 0 Å². The lowest BCUT2D eigenvalue weighted by Crippen LogP contribution is -2.54. The SMILES string of the molecule is COc1cc2ccnc(N3CCN(C(=O)N4CCC(O)CC4)CC3)c2cc1OC. The van der Waals surface area contributed by atoms with Crippen molar-refractivity contribution in [3.05, 3.63) is 24.4 Å². The van der Waals surface area contributed by atoms with E-state index in [-0.39, 0.29) is 12.1 Å². The molecule has 1 aromatic heterocycles. The molecule has 0 bridgehead atoms. The quantitative estimate of drug-likeness (QED) is 0.849. The van der Waals surface area contributed by atoms with Gasteiger partial charge in [0.15, 0.2) is 11.5 Å². The molecule has 0 atom stereocenters.